The van der Waals surface area contributed by atoms with Crippen molar-refractivity contribution in [3.8, 4) is 0 Å². The van der Waals surface area contributed by atoms with Crippen molar-refractivity contribution in [2.75, 3.05) is 25.0 Å². The number of aryl methyl sites for hydroxylation is 1. The number of hydrogen-bond donors (Lipinski definition) is 3. The molecule has 1 rings (SSSR count). The highest BCUT2D eigenvalue weighted by molar-refractivity contribution is 14.0. The lowest BCUT2D eigenvalue weighted by molar-refractivity contribution is -0.116. The number of rotatable bonds is 9. The lowest BCUT2D eigenvalue weighted by atomic mass is 10.2. The summed E-state index contributed by atoms with van der Waals surface area (Å²) >= 11 is 0. The van der Waals surface area contributed by atoms with Crippen LogP contribution < -0.4 is 16.0 Å². The minimum absolute atomic E-state index is 0. The maximum atomic E-state index is 11.9. The molecule has 1 amide bonds. The van der Waals surface area contributed by atoms with Crippen molar-refractivity contribution in [1.82, 2.24) is 15.6 Å². The molecule has 24 heavy (non-hydrogen) atoms. The van der Waals surface area contributed by atoms with E-state index in [-0.39, 0.29) is 29.9 Å². The number of amides is 1. The lowest BCUT2D eigenvalue weighted by Crippen LogP contribution is -2.38. The molecule has 0 saturated carbocycles. The van der Waals surface area contributed by atoms with Crippen LogP contribution in [0.3, 0.4) is 0 Å². The smallest absolute Gasteiger partial charge is 0.227 e. The maximum Gasteiger partial charge on any atom is 0.227 e. The van der Waals surface area contributed by atoms with Gasteiger partial charge in [-0.1, -0.05) is 25.8 Å². The number of guanidine groups is 1. The van der Waals surface area contributed by atoms with Gasteiger partial charge in [0.15, 0.2) is 5.96 Å². The summed E-state index contributed by atoms with van der Waals surface area (Å²) in [6, 6.07) is 5.56. The Morgan fingerprint density at radius 3 is 2.67 bits per heavy atom. The molecule has 0 aliphatic rings. The van der Waals surface area contributed by atoms with E-state index in [2.05, 4.69) is 32.9 Å². The number of aliphatic imine (C=N–C) groups is 1. The first kappa shape index (κ1) is 22.6. The van der Waals surface area contributed by atoms with Crippen LogP contribution in [-0.4, -0.2) is 36.5 Å². The zero-order valence-electron chi connectivity index (χ0n) is 14.9. The van der Waals surface area contributed by atoms with E-state index < -0.39 is 0 Å². The number of carbonyl (C=O) groups excluding carboxylic acids is 1. The van der Waals surface area contributed by atoms with Gasteiger partial charge in [-0.2, -0.15) is 0 Å². The van der Waals surface area contributed by atoms with Gasteiger partial charge in [-0.15, -0.1) is 24.0 Å². The Morgan fingerprint density at radius 2 is 2.00 bits per heavy atom. The second-order valence-corrected chi connectivity index (χ2v) is 5.36. The zero-order valence-corrected chi connectivity index (χ0v) is 17.2. The number of aromatic nitrogens is 1. The van der Waals surface area contributed by atoms with E-state index in [0.717, 1.165) is 31.2 Å². The van der Waals surface area contributed by atoms with Crippen molar-refractivity contribution >= 4 is 41.7 Å². The van der Waals surface area contributed by atoms with E-state index in [1.165, 1.54) is 12.8 Å². The molecule has 0 unspecified atom stereocenters. The number of halogens is 1. The van der Waals surface area contributed by atoms with Crippen LogP contribution in [0, 0.1) is 6.92 Å². The number of hydrogen-bond acceptors (Lipinski definition) is 3. The van der Waals surface area contributed by atoms with Gasteiger partial charge in [-0.25, -0.2) is 4.98 Å². The molecule has 0 aromatic carbocycles. The Labute approximate surface area is 162 Å². The average Bonchev–Trinajstić information content (AvgIpc) is 2.51. The molecule has 0 bridgehead atoms. The second-order valence-electron chi connectivity index (χ2n) is 5.36. The molecule has 0 saturated heterocycles. The summed E-state index contributed by atoms with van der Waals surface area (Å²) in [5, 5.41) is 9.17. The number of nitrogens with zero attached hydrogens (tertiary/aromatic N) is 2. The van der Waals surface area contributed by atoms with Gasteiger partial charge in [0, 0.05) is 31.7 Å². The Balaban J connectivity index is 0.00000529. The van der Waals surface area contributed by atoms with Gasteiger partial charge in [0.1, 0.15) is 5.82 Å². The van der Waals surface area contributed by atoms with Gasteiger partial charge in [-0.05, 0) is 32.4 Å². The fraction of sp³-hybridized carbons (Fsp3) is 0.588. The molecular weight excluding hydrogens is 417 g/mol. The molecule has 136 valence electrons. The Hall–Kier alpha value is -1.38. The normalized spacial score (nSPS) is 10.7. The van der Waals surface area contributed by atoms with Gasteiger partial charge < -0.3 is 16.0 Å². The largest absolute Gasteiger partial charge is 0.357 e. The number of unbranched alkanes of at least 4 members (excludes halogenated alkanes) is 2. The van der Waals surface area contributed by atoms with E-state index >= 15 is 0 Å². The third-order valence-electron chi connectivity index (χ3n) is 3.18. The van der Waals surface area contributed by atoms with Gasteiger partial charge in [0.2, 0.25) is 5.91 Å². The van der Waals surface area contributed by atoms with Crippen LogP contribution in [0.25, 0.3) is 0 Å². The molecule has 0 fully saturated rings. The van der Waals surface area contributed by atoms with Gasteiger partial charge >= 0.3 is 0 Å². The number of pyridine rings is 1. The third kappa shape index (κ3) is 10.4. The molecule has 0 atom stereocenters. The predicted octanol–water partition coefficient (Wildman–Crippen LogP) is 3.08. The second kappa shape index (κ2) is 14.0. The highest BCUT2D eigenvalue weighted by Crippen LogP contribution is 2.03. The summed E-state index contributed by atoms with van der Waals surface area (Å²) in [5.74, 6) is 1.30. The molecule has 0 spiro atoms. The van der Waals surface area contributed by atoms with E-state index in [0.29, 0.717) is 18.8 Å². The first-order valence-electron chi connectivity index (χ1n) is 8.41. The summed E-state index contributed by atoms with van der Waals surface area (Å²) in [6.07, 6.45) is 3.84. The van der Waals surface area contributed by atoms with Crippen molar-refractivity contribution in [3.05, 3.63) is 23.9 Å². The van der Waals surface area contributed by atoms with Crippen LogP contribution in [0.15, 0.2) is 23.2 Å². The number of nitrogens with one attached hydrogen (secondary N) is 3. The molecule has 0 aliphatic carbocycles. The maximum absolute atomic E-state index is 11.9. The molecule has 1 heterocycles. The summed E-state index contributed by atoms with van der Waals surface area (Å²) in [7, 11) is 0. The van der Waals surface area contributed by atoms with Crippen molar-refractivity contribution in [2.24, 2.45) is 4.99 Å². The lowest BCUT2D eigenvalue weighted by Gasteiger charge is -2.11. The summed E-state index contributed by atoms with van der Waals surface area (Å²) in [4.78, 5) is 20.7. The van der Waals surface area contributed by atoms with Crippen LogP contribution in [0.2, 0.25) is 0 Å². The SMILES string of the molecule is CCCCCN=C(NCC)NCCC(=O)Nc1cccc(C)n1.I. The van der Waals surface area contributed by atoms with Crippen LogP contribution >= 0.6 is 24.0 Å². The topological polar surface area (TPSA) is 78.4 Å². The fourth-order valence-corrected chi connectivity index (χ4v) is 2.01. The predicted molar refractivity (Wildman–Crippen MR) is 111 cm³/mol. The molecular formula is C17H30IN5O. The Bertz CT molecular complexity index is 508. The first-order chi connectivity index (χ1) is 11.2. The Kier molecular flexibility index (Phi) is 13.2. The van der Waals surface area contributed by atoms with Crippen molar-refractivity contribution < 1.29 is 4.79 Å². The number of carbonyl (C=O) groups is 1. The average molecular weight is 447 g/mol. The molecule has 0 aliphatic heterocycles. The third-order valence-corrected chi connectivity index (χ3v) is 3.18. The molecule has 3 N–H and O–H groups in total. The van der Waals surface area contributed by atoms with E-state index in [9.17, 15) is 4.79 Å². The van der Waals surface area contributed by atoms with Crippen molar-refractivity contribution in [2.45, 2.75) is 46.5 Å². The Morgan fingerprint density at radius 1 is 1.21 bits per heavy atom. The molecule has 1 aromatic rings. The minimum atomic E-state index is -0.0579. The summed E-state index contributed by atoms with van der Waals surface area (Å²) < 4.78 is 0. The van der Waals surface area contributed by atoms with Crippen LogP contribution in [-0.2, 0) is 4.79 Å². The first-order valence-corrected chi connectivity index (χ1v) is 8.41. The van der Waals surface area contributed by atoms with Gasteiger partial charge in [0.25, 0.3) is 0 Å². The highest BCUT2D eigenvalue weighted by Gasteiger charge is 2.04. The minimum Gasteiger partial charge on any atom is -0.357 e. The molecule has 0 radical (unpaired) electrons. The van der Waals surface area contributed by atoms with E-state index in [4.69, 9.17) is 0 Å². The van der Waals surface area contributed by atoms with Gasteiger partial charge in [0.05, 0.1) is 0 Å². The molecule has 6 nitrogen and oxygen atoms in total. The van der Waals surface area contributed by atoms with E-state index in [1.807, 2.05) is 26.0 Å². The van der Waals surface area contributed by atoms with Crippen LogP contribution in [0.5, 0.6) is 0 Å². The zero-order chi connectivity index (χ0) is 16.9. The van der Waals surface area contributed by atoms with Gasteiger partial charge in [-0.3, -0.25) is 9.79 Å². The monoisotopic (exact) mass is 447 g/mol. The molecule has 7 heteroatoms. The quantitative estimate of drug-likeness (QED) is 0.235. The van der Waals surface area contributed by atoms with Crippen molar-refractivity contribution in [1.29, 1.82) is 0 Å². The van der Waals surface area contributed by atoms with Crippen molar-refractivity contribution in [3.63, 3.8) is 0 Å². The van der Waals surface area contributed by atoms with Crippen LogP contribution in [0.1, 0.15) is 45.2 Å². The van der Waals surface area contributed by atoms with E-state index in [1.54, 1.807) is 6.07 Å². The fourth-order valence-electron chi connectivity index (χ4n) is 2.01. The number of anilines is 1. The summed E-state index contributed by atoms with van der Waals surface area (Å²) in [6.45, 7) is 8.25. The summed E-state index contributed by atoms with van der Waals surface area (Å²) in [5.41, 5.74) is 0.884. The molecule has 1 aromatic heterocycles. The highest BCUT2D eigenvalue weighted by atomic mass is 127. The standard InChI is InChI=1S/C17H29N5O.HI/c1-4-6-7-12-19-17(18-5-2)20-13-11-16(23)22-15-10-8-9-14(3)21-15;/h8-10H,4-7,11-13H2,1-3H3,(H2,18,19,20)(H,21,22,23);1H. The van der Waals surface area contributed by atoms with Crippen LogP contribution in [0.4, 0.5) is 5.82 Å².